The number of carboxylic acid groups (broad SMARTS) is 1. The first-order chi connectivity index (χ1) is 7.84. The van der Waals surface area contributed by atoms with Crippen LogP contribution in [-0.2, 0) is 4.79 Å². The summed E-state index contributed by atoms with van der Waals surface area (Å²) in [5.74, 6) is -2.48. The van der Waals surface area contributed by atoms with Gasteiger partial charge in [-0.3, -0.25) is 4.79 Å². The summed E-state index contributed by atoms with van der Waals surface area (Å²) in [5.41, 5.74) is 4.37. The van der Waals surface area contributed by atoms with Crippen LogP contribution >= 0.6 is 11.6 Å². The van der Waals surface area contributed by atoms with Gasteiger partial charge in [-0.2, -0.15) is 0 Å². The van der Waals surface area contributed by atoms with E-state index in [0.29, 0.717) is 0 Å². The predicted octanol–water partition coefficient (Wildman–Crippen LogP) is -0.687. The van der Waals surface area contributed by atoms with Gasteiger partial charge in [0, 0.05) is 11.8 Å². The number of carbonyl (C=O) groups is 2. The predicted molar refractivity (Wildman–Crippen MR) is 56.4 cm³/mol. The number of nitrogens with zero attached hydrogens (tertiary/aromatic N) is 1. The molecule has 17 heavy (non-hydrogen) atoms. The van der Waals surface area contributed by atoms with Crippen LogP contribution in [0, 0.1) is 0 Å². The Hall–Kier alpha value is -1.70. The lowest BCUT2D eigenvalue weighted by atomic mass is 10.0. The summed E-state index contributed by atoms with van der Waals surface area (Å²) in [6.07, 6.45) is -2.46. The maximum Gasteiger partial charge on any atom is 0.338 e. The molecule has 0 aromatic carbocycles. The van der Waals surface area contributed by atoms with Gasteiger partial charge in [0.15, 0.2) is 6.10 Å². The van der Waals surface area contributed by atoms with Gasteiger partial charge >= 0.3 is 5.97 Å². The zero-order valence-corrected chi connectivity index (χ0v) is 9.13. The van der Waals surface area contributed by atoms with Gasteiger partial charge in [-0.15, -0.1) is 0 Å². The van der Waals surface area contributed by atoms with Crippen molar-refractivity contribution in [1.29, 1.82) is 0 Å². The summed E-state index contributed by atoms with van der Waals surface area (Å²) in [5, 5.41) is 27.2. The van der Waals surface area contributed by atoms with E-state index in [0.717, 1.165) is 12.3 Å². The molecule has 0 aliphatic carbocycles. The second-order valence-electron chi connectivity index (χ2n) is 3.20. The number of aliphatic hydroxyl groups is 2. The van der Waals surface area contributed by atoms with Crippen molar-refractivity contribution in [3.8, 4) is 0 Å². The van der Waals surface area contributed by atoms with Crippen LogP contribution in [-0.4, -0.2) is 38.3 Å². The minimum absolute atomic E-state index is 0.0712. The van der Waals surface area contributed by atoms with Gasteiger partial charge in [0.25, 0.3) is 0 Å². The molecule has 0 aliphatic heterocycles. The first-order valence-electron chi connectivity index (χ1n) is 4.38. The molecule has 2 unspecified atom stereocenters. The molecule has 2 atom stereocenters. The van der Waals surface area contributed by atoms with E-state index in [1.54, 1.807) is 0 Å². The molecule has 0 spiro atoms. The monoisotopic (exact) mass is 260 g/mol. The first kappa shape index (κ1) is 13.4. The molecule has 0 fully saturated rings. The summed E-state index contributed by atoms with van der Waals surface area (Å²) in [4.78, 5) is 24.9. The quantitative estimate of drug-likeness (QED) is 0.530. The Balaban J connectivity index is 3.11. The van der Waals surface area contributed by atoms with E-state index in [9.17, 15) is 19.8 Å². The normalized spacial score (nSPS) is 14.1. The lowest BCUT2D eigenvalue weighted by molar-refractivity contribution is -0.131. The number of carbonyl (C=O) groups excluding carboxylic acids is 1. The number of aromatic nitrogens is 1. The first-order valence-corrected chi connectivity index (χ1v) is 4.76. The van der Waals surface area contributed by atoms with Crippen molar-refractivity contribution in [1.82, 2.24) is 4.98 Å². The Bertz CT molecular complexity index is 465. The number of rotatable bonds is 4. The molecule has 1 rings (SSSR count). The minimum atomic E-state index is -1.85. The molecule has 0 aliphatic rings. The summed E-state index contributed by atoms with van der Waals surface area (Å²) in [7, 11) is 0. The molecular formula is C9H9ClN2O5. The van der Waals surface area contributed by atoms with Crippen molar-refractivity contribution in [3.63, 3.8) is 0 Å². The number of nitrogens with two attached hydrogens (primary N) is 1. The number of halogens is 1. The number of carboxylic acids is 1. The molecule has 7 nitrogen and oxygen atoms in total. The Kier molecular flexibility index (Phi) is 4.00. The molecule has 92 valence electrons. The number of hydrogen-bond acceptors (Lipinski definition) is 5. The number of amides is 1. The lowest BCUT2D eigenvalue weighted by Crippen LogP contribution is -2.34. The maximum atomic E-state index is 10.7. The fourth-order valence-corrected chi connectivity index (χ4v) is 1.30. The van der Waals surface area contributed by atoms with E-state index in [2.05, 4.69) is 4.98 Å². The third kappa shape index (κ3) is 2.90. The molecule has 1 amide bonds. The second kappa shape index (κ2) is 5.09. The van der Waals surface area contributed by atoms with Crippen molar-refractivity contribution >= 4 is 23.5 Å². The Morgan fingerprint density at radius 2 is 2.00 bits per heavy atom. The van der Waals surface area contributed by atoms with Crippen LogP contribution in [0.4, 0.5) is 0 Å². The highest BCUT2D eigenvalue weighted by atomic mass is 35.5. The Morgan fingerprint density at radius 3 is 2.47 bits per heavy atom. The van der Waals surface area contributed by atoms with E-state index in [1.807, 2.05) is 0 Å². The summed E-state index contributed by atoms with van der Waals surface area (Å²) >= 11 is 5.51. The lowest BCUT2D eigenvalue weighted by Gasteiger charge is -2.15. The van der Waals surface area contributed by atoms with Crippen LogP contribution in [0.1, 0.15) is 22.0 Å². The Morgan fingerprint density at radius 1 is 1.41 bits per heavy atom. The Labute approximate surface area is 100 Å². The van der Waals surface area contributed by atoms with Gasteiger partial charge in [-0.25, -0.2) is 9.78 Å². The van der Waals surface area contributed by atoms with E-state index in [-0.39, 0.29) is 16.3 Å². The van der Waals surface area contributed by atoms with E-state index < -0.39 is 24.1 Å². The molecule has 5 N–H and O–H groups in total. The molecular weight excluding hydrogens is 252 g/mol. The minimum Gasteiger partial charge on any atom is -0.478 e. The van der Waals surface area contributed by atoms with Gasteiger partial charge in [-0.1, -0.05) is 11.6 Å². The molecule has 8 heteroatoms. The standard InChI is InChI=1S/C9H9ClN2O5/c10-7-4(9(16)17)1-3(2-12-7)5(13)6(14)8(11)15/h1-2,5-6,13-14H,(H2,11,15)(H,16,17). The van der Waals surface area contributed by atoms with Crippen molar-refractivity contribution in [2.24, 2.45) is 5.73 Å². The highest BCUT2D eigenvalue weighted by Gasteiger charge is 2.25. The van der Waals surface area contributed by atoms with Gasteiger partial charge in [-0.05, 0) is 6.07 Å². The number of aliphatic hydroxyl groups excluding tert-OH is 2. The number of primary amides is 1. The molecule has 1 aromatic rings. The fourth-order valence-electron chi connectivity index (χ4n) is 1.11. The summed E-state index contributed by atoms with van der Waals surface area (Å²) in [6.45, 7) is 0. The van der Waals surface area contributed by atoms with E-state index in [1.165, 1.54) is 0 Å². The van der Waals surface area contributed by atoms with Crippen LogP contribution in [0.3, 0.4) is 0 Å². The van der Waals surface area contributed by atoms with Gasteiger partial charge in [0.1, 0.15) is 11.3 Å². The van der Waals surface area contributed by atoms with Crippen molar-refractivity contribution in [3.05, 3.63) is 28.5 Å². The van der Waals surface area contributed by atoms with Crippen LogP contribution in [0.5, 0.6) is 0 Å². The third-order valence-corrected chi connectivity index (χ3v) is 2.32. The van der Waals surface area contributed by atoms with E-state index >= 15 is 0 Å². The van der Waals surface area contributed by atoms with Crippen molar-refractivity contribution in [2.75, 3.05) is 0 Å². The zero-order chi connectivity index (χ0) is 13.2. The highest BCUT2D eigenvalue weighted by Crippen LogP contribution is 2.21. The second-order valence-corrected chi connectivity index (χ2v) is 3.56. The third-order valence-electron chi connectivity index (χ3n) is 2.02. The molecule has 1 aromatic heterocycles. The number of hydrogen-bond donors (Lipinski definition) is 4. The van der Waals surface area contributed by atoms with Crippen LogP contribution in [0.25, 0.3) is 0 Å². The van der Waals surface area contributed by atoms with Crippen molar-refractivity contribution < 1.29 is 24.9 Å². The van der Waals surface area contributed by atoms with E-state index in [4.69, 9.17) is 22.4 Å². The van der Waals surface area contributed by atoms with Crippen LogP contribution in [0.2, 0.25) is 5.15 Å². The topological polar surface area (TPSA) is 134 Å². The number of pyridine rings is 1. The van der Waals surface area contributed by atoms with Gasteiger partial charge < -0.3 is 21.1 Å². The van der Waals surface area contributed by atoms with Crippen LogP contribution < -0.4 is 5.73 Å². The molecule has 0 bridgehead atoms. The average Bonchev–Trinajstić information content (AvgIpc) is 2.27. The summed E-state index contributed by atoms with van der Waals surface area (Å²) < 4.78 is 0. The molecule has 0 radical (unpaired) electrons. The zero-order valence-electron chi connectivity index (χ0n) is 8.37. The smallest absolute Gasteiger partial charge is 0.338 e. The maximum absolute atomic E-state index is 10.7. The highest BCUT2D eigenvalue weighted by molar-refractivity contribution is 6.32. The van der Waals surface area contributed by atoms with Gasteiger partial charge in [0.05, 0.1) is 5.56 Å². The SMILES string of the molecule is NC(=O)C(O)C(O)c1cnc(Cl)c(C(=O)O)c1. The summed E-state index contributed by atoms with van der Waals surface area (Å²) in [6, 6.07) is 1.01. The molecule has 1 heterocycles. The fraction of sp³-hybridized carbons (Fsp3) is 0.222. The largest absolute Gasteiger partial charge is 0.478 e. The number of aromatic carboxylic acids is 1. The van der Waals surface area contributed by atoms with Crippen molar-refractivity contribution in [2.45, 2.75) is 12.2 Å². The van der Waals surface area contributed by atoms with Crippen LogP contribution in [0.15, 0.2) is 12.3 Å². The molecule has 0 saturated carbocycles. The average molecular weight is 261 g/mol. The molecule has 0 saturated heterocycles. The van der Waals surface area contributed by atoms with Gasteiger partial charge in [0.2, 0.25) is 5.91 Å².